The first-order valence-electron chi connectivity index (χ1n) is 10.6. The molecule has 0 spiro atoms. The number of methoxy groups -OCH3 is 1. The number of nitrogens with zero attached hydrogens (tertiary/aromatic N) is 1. The molecule has 6 nitrogen and oxygen atoms in total. The van der Waals surface area contributed by atoms with Gasteiger partial charge in [-0.05, 0) is 56.0 Å². The molecular formula is C25H26ClNO5. The standard InChI is InChI=1S/C25H26ClNO5/c1-25(2,24(29)30-3)15-27-12-10-16(11-13-27)22-18-9-8-17(26)14-20(18)23(28)32-31-21-7-5-4-6-19(21)22/h4-9,14H,10-13,15H2,1-3H3. The number of likely N-dealkylation sites (tertiary alicyclic amines) is 1. The summed E-state index contributed by atoms with van der Waals surface area (Å²) in [5.41, 5.74) is 3.68. The molecule has 0 saturated carbocycles. The van der Waals surface area contributed by atoms with Gasteiger partial charge in [0.15, 0.2) is 5.75 Å². The number of benzene rings is 2. The maximum atomic E-state index is 12.7. The van der Waals surface area contributed by atoms with E-state index >= 15 is 0 Å². The van der Waals surface area contributed by atoms with Crippen molar-refractivity contribution in [3.8, 4) is 5.75 Å². The van der Waals surface area contributed by atoms with Crippen LogP contribution in [-0.4, -0.2) is 43.6 Å². The summed E-state index contributed by atoms with van der Waals surface area (Å²) in [5.74, 6) is -0.289. The number of carbonyl (C=O) groups is 2. The van der Waals surface area contributed by atoms with E-state index in [9.17, 15) is 9.59 Å². The lowest BCUT2D eigenvalue weighted by atomic mass is 9.85. The lowest BCUT2D eigenvalue weighted by Gasteiger charge is -2.35. The predicted octanol–water partition coefficient (Wildman–Crippen LogP) is 4.90. The topological polar surface area (TPSA) is 65.1 Å². The van der Waals surface area contributed by atoms with Crippen molar-refractivity contribution in [3.63, 3.8) is 0 Å². The van der Waals surface area contributed by atoms with Crippen LogP contribution in [0, 0.1) is 5.41 Å². The number of para-hydroxylation sites is 1. The second-order valence-electron chi connectivity index (χ2n) is 8.77. The average molecular weight is 456 g/mol. The first-order chi connectivity index (χ1) is 15.3. The van der Waals surface area contributed by atoms with Gasteiger partial charge in [-0.1, -0.05) is 41.4 Å². The Hall–Kier alpha value is -2.83. The highest BCUT2D eigenvalue weighted by atomic mass is 35.5. The number of ether oxygens (including phenoxy) is 1. The Bertz CT molecular complexity index is 1080. The third-order valence-electron chi connectivity index (χ3n) is 6.00. The molecule has 2 heterocycles. The number of piperidine rings is 1. The molecule has 7 heteroatoms. The molecule has 2 aromatic rings. The predicted molar refractivity (Wildman–Crippen MR) is 121 cm³/mol. The van der Waals surface area contributed by atoms with Crippen LogP contribution in [0.5, 0.6) is 5.75 Å². The van der Waals surface area contributed by atoms with Crippen LogP contribution in [0.4, 0.5) is 0 Å². The minimum absolute atomic E-state index is 0.211. The molecule has 32 heavy (non-hydrogen) atoms. The second-order valence-corrected chi connectivity index (χ2v) is 9.21. The molecule has 168 valence electrons. The van der Waals surface area contributed by atoms with Gasteiger partial charge in [0.2, 0.25) is 0 Å². The van der Waals surface area contributed by atoms with Crippen LogP contribution in [0.15, 0.2) is 48.0 Å². The van der Waals surface area contributed by atoms with Gasteiger partial charge in [-0.25, -0.2) is 9.68 Å². The molecule has 0 aliphatic carbocycles. The summed E-state index contributed by atoms with van der Waals surface area (Å²) >= 11 is 6.18. The van der Waals surface area contributed by atoms with E-state index in [4.69, 9.17) is 26.1 Å². The van der Waals surface area contributed by atoms with Gasteiger partial charge in [0.25, 0.3) is 0 Å². The molecule has 2 aliphatic heterocycles. The van der Waals surface area contributed by atoms with Crippen molar-refractivity contribution in [1.82, 2.24) is 4.90 Å². The molecule has 1 saturated heterocycles. The lowest BCUT2D eigenvalue weighted by molar-refractivity contribution is -0.151. The largest absolute Gasteiger partial charge is 0.469 e. The zero-order valence-corrected chi connectivity index (χ0v) is 19.2. The van der Waals surface area contributed by atoms with Gasteiger partial charge < -0.3 is 9.64 Å². The van der Waals surface area contributed by atoms with Crippen LogP contribution in [-0.2, 0) is 14.4 Å². The van der Waals surface area contributed by atoms with Crippen molar-refractivity contribution in [2.45, 2.75) is 26.7 Å². The number of carbonyl (C=O) groups excluding carboxylic acids is 2. The second kappa shape index (κ2) is 8.96. The highest BCUT2D eigenvalue weighted by Crippen LogP contribution is 2.40. The number of esters is 1. The number of rotatable bonds is 3. The van der Waals surface area contributed by atoms with E-state index in [2.05, 4.69) is 4.90 Å². The number of hydrogen-bond donors (Lipinski definition) is 0. The lowest BCUT2D eigenvalue weighted by Crippen LogP contribution is -2.42. The van der Waals surface area contributed by atoms with Gasteiger partial charge in [0.1, 0.15) is 0 Å². The number of halogens is 1. The Morgan fingerprint density at radius 3 is 2.50 bits per heavy atom. The summed E-state index contributed by atoms with van der Waals surface area (Å²) in [4.78, 5) is 37.5. The Morgan fingerprint density at radius 1 is 1.06 bits per heavy atom. The van der Waals surface area contributed by atoms with E-state index in [-0.39, 0.29) is 5.97 Å². The summed E-state index contributed by atoms with van der Waals surface area (Å²) in [6, 6.07) is 12.8. The van der Waals surface area contributed by atoms with Gasteiger partial charge in [0.05, 0.1) is 18.1 Å². The highest BCUT2D eigenvalue weighted by molar-refractivity contribution is 6.31. The van der Waals surface area contributed by atoms with E-state index in [1.54, 1.807) is 18.2 Å². The van der Waals surface area contributed by atoms with Crippen molar-refractivity contribution in [2.24, 2.45) is 5.41 Å². The van der Waals surface area contributed by atoms with Crippen LogP contribution in [0.3, 0.4) is 0 Å². The van der Waals surface area contributed by atoms with Crippen molar-refractivity contribution in [3.05, 3.63) is 69.8 Å². The fraction of sp³-hybridized carbons (Fsp3) is 0.360. The van der Waals surface area contributed by atoms with Crippen molar-refractivity contribution in [2.75, 3.05) is 26.7 Å². The number of hydrogen-bond acceptors (Lipinski definition) is 6. The zero-order chi connectivity index (χ0) is 22.9. The first-order valence-corrected chi connectivity index (χ1v) is 11.0. The van der Waals surface area contributed by atoms with Crippen molar-refractivity contribution in [1.29, 1.82) is 0 Å². The van der Waals surface area contributed by atoms with E-state index in [1.165, 1.54) is 12.7 Å². The summed E-state index contributed by atoms with van der Waals surface area (Å²) in [6.07, 6.45) is 1.61. The maximum Gasteiger partial charge on any atom is 0.386 e. The minimum Gasteiger partial charge on any atom is -0.469 e. The van der Waals surface area contributed by atoms with E-state index in [1.807, 2.05) is 38.1 Å². The van der Waals surface area contributed by atoms with Gasteiger partial charge in [-0.15, -0.1) is 0 Å². The Morgan fingerprint density at radius 2 is 1.78 bits per heavy atom. The summed E-state index contributed by atoms with van der Waals surface area (Å²) in [6.45, 7) is 6.04. The van der Waals surface area contributed by atoms with Gasteiger partial charge in [-0.3, -0.25) is 9.68 Å². The van der Waals surface area contributed by atoms with Gasteiger partial charge in [0, 0.05) is 30.2 Å². The van der Waals surface area contributed by atoms with E-state index in [0.29, 0.717) is 22.9 Å². The van der Waals surface area contributed by atoms with Crippen LogP contribution in [0.1, 0.15) is 48.2 Å². The minimum atomic E-state index is -0.577. The highest BCUT2D eigenvalue weighted by Gasteiger charge is 2.33. The normalized spacial score (nSPS) is 16.8. The third-order valence-corrected chi connectivity index (χ3v) is 6.24. The van der Waals surface area contributed by atoms with Crippen LogP contribution >= 0.6 is 11.6 Å². The SMILES string of the molecule is COC(=O)C(C)(C)CN1CCC(=C2c3ccccc3OOC(=O)c3cc(Cl)ccc32)CC1. The van der Waals surface area contributed by atoms with Gasteiger partial charge in [-0.2, -0.15) is 0 Å². The quantitative estimate of drug-likeness (QED) is 0.484. The summed E-state index contributed by atoms with van der Waals surface area (Å²) in [7, 11) is 1.42. The number of fused-ring (bicyclic) bond motifs is 2. The Kier molecular flexibility index (Phi) is 6.26. The van der Waals surface area contributed by atoms with Crippen LogP contribution in [0.2, 0.25) is 5.02 Å². The summed E-state index contributed by atoms with van der Waals surface area (Å²) < 4.78 is 4.95. The molecule has 1 fully saturated rings. The van der Waals surface area contributed by atoms with Crippen LogP contribution in [0.25, 0.3) is 5.57 Å². The van der Waals surface area contributed by atoms with Crippen molar-refractivity contribution < 1.29 is 24.1 Å². The fourth-order valence-electron chi connectivity index (χ4n) is 4.43. The van der Waals surface area contributed by atoms with Crippen LogP contribution < -0.4 is 4.89 Å². The first kappa shape index (κ1) is 22.4. The van der Waals surface area contributed by atoms with E-state index < -0.39 is 11.4 Å². The molecule has 0 amide bonds. The maximum absolute atomic E-state index is 12.7. The Balaban J connectivity index is 1.72. The summed E-state index contributed by atoms with van der Waals surface area (Å²) in [5, 5.41) is 0.457. The molecule has 0 radical (unpaired) electrons. The Labute approximate surface area is 192 Å². The van der Waals surface area contributed by atoms with Crippen molar-refractivity contribution >= 4 is 29.1 Å². The third kappa shape index (κ3) is 4.38. The molecule has 2 aromatic carbocycles. The molecule has 0 aromatic heterocycles. The molecule has 2 aliphatic rings. The molecule has 0 unspecified atom stereocenters. The molecule has 0 atom stereocenters. The smallest absolute Gasteiger partial charge is 0.386 e. The zero-order valence-electron chi connectivity index (χ0n) is 18.4. The average Bonchev–Trinajstić information content (AvgIpc) is 2.78. The van der Waals surface area contributed by atoms with E-state index in [0.717, 1.165) is 42.6 Å². The molecule has 0 bridgehead atoms. The van der Waals surface area contributed by atoms with Gasteiger partial charge >= 0.3 is 11.9 Å². The molecule has 4 rings (SSSR count). The monoisotopic (exact) mass is 455 g/mol. The molecular weight excluding hydrogens is 430 g/mol. The fourth-order valence-corrected chi connectivity index (χ4v) is 4.61. The molecule has 0 N–H and O–H groups in total.